The summed E-state index contributed by atoms with van der Waals surface area (Å²) in [5, 5.41) is 0.634. The molecule has 0 spiro atoms. The van der Waals surface area contributed by atoms with Gasteiger partial charge in [0.15, 0.2) is 0 Å². The lowest BCUT2D eigenvalue weighted by molar-refractivity contribution is -0.140. The van der Waals surface area contributed by atoms with Crippen LogP contribution in [-0.2, 0) is 27.7 Å². The summed E-state index contributed by atoms with van der Waals surface area (Å²) in [6, 6.07) is 7.96. The number of nitrogens with zero attached hydrogens (tertiary/aromatic N) is 2. The van der Waals surface area contributed by atoms with Crippen LogP contribution in [0.3, 0.4) is 0 Å². The predicted molar refractivity (Wildman–Crippen MR) is 150 cm³/mol. The highest BCUT2D eigenvalue weighted by Crippen LogP contribution is 2.37. The van der Waals surface area contributed by atoms with Crippen LogP contribution < -0.4 is 0 Å². The van der Waals surface area contributed by atoms with Crippen LogP contribution >= 0.6 is 23.2 Å². The molecule has 0 bridgehead atoms. The van der Waals surface area contributed by atoms with Crippen LogP contribution in [-0.4, -0.2) is 41.8 Å². The maximum atomic E-state index is 13.9. The van der Waals surface area contributed by atoms with Crippen LogP contribution in [0.4, 0.5) is 17.6 Å². The normalized spacial score (nSPS) is 17.2. The summed E-state index contributed by atoms with van der Waals surface area (Å²) in [5.74, 6) is -1.62. The van der Waals surface area contributed by atoms with E-state index in [0.29, 0.717) is 28.5 Å². The monoisotopic (exact) mass is 600 g/mol. The molecular weight excluding hydrogens is 567 g/mol. The molecule has 2 amide bonds. The van der Waals surface area contributed by atoms with E-state index in [1.807, 2.05) is 7.05 Å². The van der Waals surface area contributed by atoms with Crippen molar-refractivity contribution in [2.24, 2.45) is 0 Å². The van der Waals surface area contributed by atoms with Crippen molar-refractivity contribution in [2.45, 2.75) is 76.6 Å². The van der Waals surface area contributed by atoms with Crippen molar-refractivity contribution in [3.8, 4) is 0 Å². The van der Waals surface area contributed by atoms with E-state index in [1.165, 1.54) is 23.6 Å². The molecule has 0 radical (unpaired) electrons. The van der Waals surface area contributed by atoms with Gasteiger partial charge in [-0.15, -0.1) is 0 Å². The van der Waals surface area contributed by atoms with Gasteiger partial charge < -0.3 is 9.80 Å². The van der Waals surface area contributed by atoms with Crippen molar-refractivity contribution >= 4 is 35.0 Å². The number of amides is 2. The van der Waals surface area contributed by atoms with Gasteiger partial charge in [-0.3, -0.25) is 9.59 Å². The summed E-state index contributed by atoms with van der Waals surface area (Å²) in [4.78, 5) is 28.7. The first-order valence-corrected chi connectivity index (χ1v) is 13.9. The van der Waals surface area contributed by atoms with E-state index in [2.05, 4.69) is 6.08 Å². The van der Waals surface area contributed by atoms with E-state index in [1.54, 1.807) is 36.9 Å². The second kappa shape index (κ2) is 12.9. The summed E-state index contributed by atoms with van der Waals surface area (Å²) in [7, 11) is 3.34. The third-order valence-corrected chi connectivity index (χ3v) is 8.59. The SMILES string of the molecule is CC(=O)N(C)C1CCC(=CCC[C@@](C)(C(=O)N(C)Cc2ccc(F)c(C(F)(F)F)c2)c2ccc(Cl)c(Cl)c2)CC1. The third-order valence-electron chi connectivity index (χ3n) is 7.85. The van der Waals surface area contributed by atoms with E-state index >= 15 is 0 Å². The molecule has 10 heteroatoms. The molecule has 0 unspecified atom stereocenters. The molecule has 1 atom stereocenters. The Morgan fingerprint density at radius 2 is 1.68 bits per heavy atom. The minimum atomic E-state index is -4.84. The zero-order chi connectivity index (χ0) is 29.8. The topological polar surface area (TPSA) is 40.6 Å². The lowest BCUT2D eigenvalue weighted by Gasteiger charge is -2.34. The smallest absolute Gasteiger partial charge is 0.343 e. The van der Waals surface area contributed by atoms with Gasteiger partial charge >= 0.3 is 6.18 Å². The molecule has 40 heavy (non-hydrogen) atoms. The van der Waals surface area contributed by atoms with Crippen LogP contribution in [0.2, 0.25) is 10.0 Å². The first-order valence-electron chi connectivity index (χ1n) is 13.1. The molecule has 0 saturated heterocycles. The largest absolute Gasteiger partial charge is 0.419 e. The van der Waals surface area contributed by atoms with E-state index < -0.39 is 23.0 Å². The van der Waals surface area contributed by atoms with Crippen molar-refractivity contribution in [2.75, 3.05) is 14.1 Å². The summed E-state index contributed by atoms with van der Waals surface area (Å²) < 4.78 is 53.5. The van der Waals surface area contributed by atoms with Crippen molar-refractivity contribution in [3.63, 3.8) is 0 Å². The summed E-state index contributed by atoms with van der Waals surface area (Å²) in [6.45, 7) is 3.22. The molecule has 0 aromatic heterocycles. The first-order chi connectivity index (χ1) is 18.6. The summed E-state index contributed by atoms with van der Waals surface area (Å²) in [5.41, 5.74) is -0.348. The van der Waals surface area contributed by atoms with Gasteiger partial charge in [-0.25, -0.2) is 4.39 Å². The number of carbonyl (C=O) groups is 2. The van der Waals surface area contributed by atoms with Crippen LogP contribution in [0.5, 0.6) is 0 Å². The van der Waals surface area contributed by atoms with Crippen LogP contribution in [0.15, 0.2) is 48.0 Å². The Balaban J connectivity index is 1.81. The van der Waals surface area contributed by atoms with Gasteiger partial charge in [-0.1, -0.05) is 47.0 Å². The van der Waals surface area contributed by atoms with Gasteiger partial charge in [0.2, 0.25) is 11.8 Å². The Labute approximate surface area is 242 Å². The molecule has 0 heterocycles. The number of benzene rings is 2. The van der Waals surface area contributed by atoms with E-state index in [9.17, 15) is 27.2 Å². The fraction of sp³-hybridized carbons (Fsp3) is 0.467. The number of hydrogen-bond donors (Lipinski definition) is 0. The highest BCUT2D eigenvalue weighted by molar-refractivity contribution is 6.42. The molecule has 1 fully saturated rings. The summed E-state index contributed by atoms with van der Waals surface area (Å²) >= 11 is 12.4. The van der Waals surface area contributed by atoms with Gasteiger partial charge in [0, 0.05) is 33.6 Å². The van der Waals surface area contributed by atoms with Gasteiger partial charge in [0.1, 0.15) is 5.82 Å². The minimum absolute atomic E-state index is 0.0488. The molecule has 1 aliphatic rings. The average Bonchev–Trinajstić information content (AvgIpc) is 2.90. The van der Waals surface area contributed by atoms with Gasteiger partial charge in [-0.05, 0) is 80.8 Å². The molecule has 2 aromatic carbocycles. The number of rotatable bonds is 8. The van der Waals surface area contributed by atoms with Crippen molar-refractivity contribution in [3.05, 3.63) is 80.6 Å². The van der Waals surface area contributed by atoms with Gasteiger partial charge in [0.25, 0.3) is 0 Å². The predicted octanol–water partition coefficient (Wildman–Crippen LogP) is 8.20. The van der Waals surface area contributed by atoms with E-state index in [4.69, 9.17) is 23.2 Å². The Kier molecular flexibility index (Phi) is 10.3. The molecule has 218 valence electrons. The van der Waals surface area contributed by atoms with Crippen molar-refractivity contribution in [1.29, 1.82) is 0 Å². The molecule has 1 saturated carbocycles. The Hall–Kier alpha value is -2.58. The number of likely N-dealkylation sites (N-methyl/N-ethyl adjacent to an activating group) is 1. The number of allylic oxidation sites excluding steroid dienone is 2. The molecule has 0 N–H and O–H groups in total. The quantitative estimate of drug-likeness (QED) is 0.226. The third kappa shape index (κ3) is 7.58. The Bertz CT molecular complexity index is 1270. The van der Waals surface area contributed by atoms with Crippen molar-refractivity contribution < 1.29 is 27.2 Å². The van der Waals surface area contributed by atoms with Crippen LogP contribution in [0.25, 0.3) is 0 Å². The number of carbonyl (C=O) groups excluding carboxylic acids is 2. The van der Waals surface area contributed by atoms with Crippen LogP contribution in [0.1, 0.15) is 69.1 Å². The second-order valence-electron chi connectivity index (χ2n) is 10.7. The molecular formula is C30H34Cl2F4N2O2. The number of halogens is 6. The fourth-order valence-corrected chi connectivity index (χ4v) is 5.55. The number of hydrogen-bond acceptors (Lipinski definition) is 2. The molecule has 4 nitrogen and oxygen atoms in total. The lowest BCUT2D eigenvalue weighted by atomic mass is 9.76. The second-order valence-corrected chi connectivity index (χ2v) is 11.5. The zero-order valence-corrected chi connectivity index (χ0v) is 24.6. The minimum Gasteiger partial charge on any atom is -0.343 e. The van der Waals surface area contributed by atoms with Crippen LogP contribution in [0, 0.1) is 5.82 Å². The van der Waals surface area contributed by atoms with E-state index in [-0.39, 0.29) is 30.0 Å². The lowest BCUT2D eigenvalue weighted by Crippen LogP contribution is -2.43. The molecule has 3 rings (SSSR count). The van der Waals surface area contributed by atoms with E-state index in [0.717, 1.165) is 37.8 Å². The zero-order valence-electron chi connectivity index (χ0n) is 23.0. The maximum absolute atomic E-state index is 13.9. The highest BCUT2D eigenvalue weighted by Gasteiger charge is 2.38. The first kappa shape index (κ1) is 31.9. The Morgan fingerprint density at radius 3 is 2.25 bits per heavy atom. The summed E-state index contributed by atoms with van der Waals surface area (Å²) in [6.07, 6.45) is 1.81. The van der Waals surface area contributed by atoms with Gasteiger partial charge in [0.05, 0.1) is 21.0 Å². The molecule has 0 aliphatic heterocycles. The standard InChI is InChI=1S/C30H34Cl2F4N2O2/c1-19(39)38(4)23-11-7-20(8-12-23)6-5-15-29(2,22-10-13-25(31)26(32)17-22)28(40)37(3)18-21-9-14-27(33)24(16-21)30(34,35)36/h6,9-10,13-14,16-17,23H,5,7-8,11-12,15,18H2,1-4H3/t23?,29-/m1/s1. The van der Waals surface area contributed by atoms with Crippen molar-refractivity contribution in [1.82, 2.24) is 9.80 Å². The Morgan fingerprint density at radius 1 is 1.02 bits per heavy atom. The average molecular weight is 602 g/mol. The fourth-order valence-electron chi connectivity index (χ4n) is 5.26. The van der Waals surface area contributed by atoms with Gasteiger partial charge in [-0.2, -0.15) is 13.2 Å². The highest BCUT2D eigenvalue weighted by atomic mass is 35.5. The molecule has 1 aliphatic carbocycles. The molecule has 2 aromatic rings. The number of alkyl halides is 3. The maximum Gasteiger partial charge on any atom is 0.419 e.